The second-order valence-corrected chi connectivity index (χ2v) is 3.06. The summed E-state index contributed by atoms with van der Waals surface area (Å²) in [5.41, 5.74) is 0.977. The molecule has 1 amide bonds. The van der Waals surface area contributed by atoms with Crippen molar-refractivity contribution in [3.63, 3.8) is 0 Å². The fourth-order valence-corrected chi connectivity index (χ4v) is 1.19. The van der Waals surface area contributed by atoms with Crippen molar-refractivity contribution in [3.8, 4) is 0 Å². The minimum absolute atomic E-state index is 0.274. The van der Waals surface area contributed by atoms with Crippen molar-refractivity contribution in [2.75, 3.05) is 5.32 Å². The van der Waals surface area contributed by atoms with Crippen LogP contribution in [0.5, 0.6) is 0 Å². The summed E-state index contributed by atoms with van der Waals surface area (Å²) in [5.74, 6) is 0.485. The van der Waals surface area contributed by atoms with Crippen LogP contribution in [0.15, 0.2) is 28.9 Å². The molecule has 5 heteroatoms. The molecule has 0 radical (unpaired) electrons. The van der Waals surface area contributed by atoms with Gasteiger partial charge in [-0.25, -0.2) is 0 Å². The number of aromatic amines is 1. The van der Waals surface area contributed by atoms with Crippen LogP contribution in [0.2, 0.25) is 0 Å². The van der Waals surface area contributed by atoms with Crippen molar-refractivity contribution >= 4 is 11.7 Å². The highest BCUT2D eigenvalue weighted by atomic mass is 16.3. The van der Waals surface area contributed by atoms with Crippen LogP contribution in [0.4, 0.5) is 5.82 Å². The molecule has 2 rings (SSSR count). The third kappa shape index (κ3) is 2.07. The van der Waals surface area contributed by atoms with Gasteiger partial charge in [-0.15, -0.1) is 0 Å². The van der Waals surface area contributed by atoms with Crippen LogP contribution >= 0.6 is 0 Å². The molecule has 0 fully saturated rings. The molecule has 0 aliphatic heterocycles. The monoisotopic (exact) mass is 205 g/mol. The number of anilines is 1. The van der Waals surface area contributed by atoms with Gasteiger partial charge in [0.2, 0.25) is 0 Å². The number of hydrogen-bond donors (Lipinski definition) is 2. The van der Waals surface area contributed by atoms with Gasteiger partial charge >= 0.3 is 0 Å². The van der Waals surface area contributed by atoms with E-state index < -0.39 is 0 Å². The summed E-state index contributed by atoms with van der Waals surface area (Å²) in [6, 6.07) is 5.06. The Morgan fingerprint density at radius 1 is 1.67 bits per heavy atom. The summed E-state index contributed by atoms with van der Waals surface area (Å²) < 4.78 is 4.95. The van der Waals surface area contributed by atoms with Crippen LogP contribution in [0.25, 0.3) is 0 Å². The van der Waals surface area contributed by atoms with E-state index in [1.165, 1.54) is 6.26 Å². The average molecular weight is 205 g/mol. The molecule has 15 heavy (non-hydrogen) atoms. The Kier molecular flexibility index (Phi) is 2.53. The summed E-state index contributed by atoms with van der Waals surface area (Å²) in [6.07, 6.45) is 2.31. The molecule has 2 heterocycles. The number of nitrogens with zero attached hydrogens (tertiary/aromatic N) is 1. The SMILES string of the molecule is CCc1cc(NC(=O)c2ccco2)n[nH]1. The van der Waals surface area contributed by atoms with E-state index in [-0.39, 0.29) is 11.7 Å². The van der Waals surface area contributed by atoms with E-state index >= 15 is 0 Å². The molecule has 2 N–H and O–H groups in total. The lowest BCUT2D eigenvalue weighted by molar-refractivity contribution is 0.0996. The highest BCUT2D eigenvalue weighted by Gasteiger charge is 2.10. The van der Waals surface area contributed by atoms with Gasteiger partial charge in [0.1, 0.15) is 0 Å². The van der Waals surface area contributed by atoms with Gasteiger partial charge in [-0.05, 0) is 18.6 Å². The maximum absolute atomic E-state index is 11.5. The van der Waals surface area contributed by atoms with Crippen molar-refractivity contribution in [2.45, 2.75) is 13.3 Å². The standard InChI is InChI=1S/C10H11N3O2/c1-2-7-6-9(13-12-7)11-10(14)8-4-3-5-15-8/h3-6H,2H2,1H3,(H2,11,12,13,14). The second-order valence-electron chi connectivity index (χ2n) is 3.06. The number of aromatic nitrogens is 2. The third-order valence-electron chi connectivity index (χ3n) is 2.00. The topological polar surface area (TPSA) is 70.9 Å². The van der Waals surface area contributed by atoms with Crippen molar-refractivity contribution in [2.24, 2.45) is 0 Å². The van der Waals surface area contributed by atoms with Gasteiger partial charge in [0.05, 0.1) is 6.26 Å². The van der Waals surface area contributed by atoms with Crippen LogP contribution in [-0.4, -0.2) is 16.1 Å². The third-order valence-corrected chi connectivity index (χ3v) is 2.00. The Morgan fingerprint density at radius 2 is 2.53 bits per heavy atom. The molecule has 0 aliphatic carbocycles. The number of aryl methyl sites for hydroxylation is 1. The van der Waals surface area contributed by atoms with Crippen molar-refractivity contribution in [1.29, 1.82) is 0 Å². The molecule has 5 nitrogen and oxygen atoms in total. The second kappa shape index (κ2) is 4.00. The molecule has 0 saturated heterocycles. The number of rotatable bonds is 3. The molecule has 0 atom stereocenters. The Bertz CT molecular complexity index is 445. The van der Waals surface area contributed by atoms with Gasteiger partial charge in [-0.2, -0.15) is 5.10 Å². The molecule has 0 spiro atoms. The van der Waals surface area contributed by atoms with Gasteiger partial charge in [0.25, 0.3) is 5.91 Å². The maximum Gasteiger partial charge on any atom is 0.292 e. The Balaban J connectivity index is 2.06. The Hall–Kier alpha value is -2.04. The maximum atomic E-state index is 11.5. The molecule has 2 aromatic heterocycles. The predicted molar refractivity (Wildman–Crippen MR) is 54.6 cm³/mol. The minimum Gasteiger partial charge on any atom is -0.459 e. The van der Waals surface area contributed by atoms with Gasteiger partial charge in [0, 0.05) is 11.8 Å². The molecule has 0 saturated carbocycles. The fourth-order valence-electron chi connectivity index (χ4n) is 1.19. The molecular formula is C10H11N3O2. The van der Waals surface area contributed by atoms with E-state index in [0.29, 0.717) is 5.82 Å². The van der Waals surface area contributed by atoms with Crippen molar-refractivity contribution < 1.29 is 9.21 Å². The van der Waals surface area contributed by atoms with Gasteiger partial charge in [0.15, 0.2) is 11.6 Å². The smallest absolute Gasteiger partial charge is 0.292 e. The summed E-state index contributed by atoms with van der Waals surface area (Å²) in [5, 5.41) is 9.37. The van der Waals surface area contributed by atoms with Crippen LogP contribution in [0.1, 0.15) is 23.2 Å². The zero-order valence-corrected chi connectivity index (χ0v) is 8.28. The van der Waals surface area contributed by atoms with E-state index in [9.17, 15) is 4.79 Å². The van der Waals surface area contributed by atoms with Gasteiger partial charge in [-0.3, -0.25) is 9.89 Å². The Labute approximate surface area is 86.5 Å². The summed E-state index contributed by atoms with van der Waals surface area (Å²) >= 11 is 0. The Morgan fingerprint density at radius 3 is 3.13 bits per heavy atom. The summed E-state index contributed by atoms with van der Waals surface area (Å²) in [4.78, 5) is 11.5. The number of furan rings is 1. The van der Waals surface area contributed by atoms with Crippen LogP contribution < -0.4 is 5.32 Å². The fraction of sp³-hybridized carbons (Fsp3) is 0.200. The normalized spacial score (nSPS) is 10.2. The van der Waals surface area contributed by atoms with E-state index in [0.717, 1.165) is 12.1 Å². The van der Waals surface area contributed by atoms with E-state index in [4.69, 9.17) is 4.42 Å². The van der Waals surface area contributed by atoms with Crippen LogP contribution in [-0.2, 0) is 6.42 Å². The summed E-state index contributed by atoms with van der Waals surface area (Å²) in [7, 11) is 0. The van der Waals surface area contributed by atoms with E-state index in [1.54, 1.807) is 18.2 Å². The molecule has 0 aliphatic rings. The number of hydrogen-bond acceptors (Lipinski definition) is 3. The van der Waals surface area contributed by atoms with Crippen LogP contribution in [0.3, 0.4) is 0 Å². The quantitative estimate of drug-likeness (QED) is 0.802. The zero-order valence-electron chi connectivity index (χ0n) is 8.28. The first-order valence-electron chi connectivity index (χ1n) is 4.68. The minimum atomic E-state index is -0.297. The van der Waals surface area contributed by atoms with E-state index in [1.807, 2.05) is 6.92 Å². The number of carbonyl (C=O) groups is 1. The summed E-state index contributed by atoms with van der Waals surface area (Å²) in [6.45, 7) is 2.01. The van der Waals surface area contributed by atoms with Crippen molar-refractivity contribution in [3.05, 3.63) is 35.9 Å². The number of H-pyrrole nitrogens is 1. The molecule has 0 unspecified atom stereocenters. The lowest BCUT2D eigenvalue weighted by Crippen LogP contribution is -2.10. The van der Waals surface area contributed by atoms with Crippen LogP contribution in [0, 0.1) is 0 Å². The van der Waals surface area contributed by atoms with Gasteiger partial charge in [-0.1, -0.05) is 6.92 Å². The molecule has 0 bridgehead atoms. The average Bonchev–Trinajstić information content (AvgIpc) is 2.87. The highest BCUT2D eigenvalue weighted by molar-refractivity contribution is 6.01. The molecular weight excluding hydrogens is 194 g/mol. The predicted octanol–water partition coefficient (Wildman–Crippen LogP) is 1.82. The molecule has 0 aromatic carbocycles. The van der Waals surface area contributed by atoms with E-state index in [2.05, 4.69) is 15.5 Å². The highest BCUT2D eigenvalue weighted by Crippen LogP contribution is 2.08. The molecule has 78 valence electrons. The number of nitrogens with one attached hydrogen (secondary N) is 2. The van der Waals surface area contributed by atoms with Crippen molar-refractivity contribution in [1.82, 2.24) is 10.2 Å². The number of amides is 1. The van der Waals surface area contributed by atoms with Gasteiger partial charge < -0.3 is 9.73 Å². The first-order valence-corrected chi connectivity index (χ1v) is 4.68. The first-order chi connectivity index (χ1) is 7.29. The number of carbonyl (C=O) groups excluding carboxylic acids is 1. The molecule has 2 aromatic rings. The lowest BCUT2D eigenvalue weighted by atomic mass is 10.3. The lowest BCUT2D eigenvalue weighted by Gasteiger charge is -1.96. The first kappa shape index (κ1) is 9.51. The zero-order chi connectivity index (χ0) is 10.7. The largest absolute Gasteiger partial charge is 0.459 e.